The molecule has 0 N–H and O–H groups in total. The number of halogens is 1. The standard InChI is InChI=1S/C6H11BrS2/c1-2-5-4-8-6(3-7)9-5/h5-6H,2-4H2,1H3. The molecule has 54 valence electrons. The first kappa shape index (κ1) is 8.28. The first-order chi connectivity index (χ1) is 4.36. The highest BCUT2D eigenvalue weighted by Crippen LogP contribution is 2.39. The minimum absolute atomic E-state index is 0.829. The number of hydrogen-bond donors (Lipinski definition) is 0. The fourth-order valence-corrected chi connectivity index (χ4v) is 4.84. The van der Waals surface area contributed by atoms with Gasteiger partial charge in [-0.2, -0.15) is 0 Å². The zero-order valence-corrected chi connectivity index (χ0v) is 8.69. The molecule has 0 radical (unpaired) electrons. The molecule has 3 heteroatoms. The smallest absolute Gasteiger partial charge is 0.0602 e. The van der Waals surface area contributed by atoms with Crippen LogP contribution in [0.15, 0.2) is 0 Å². The van der Waals surface area contributed by atoms with Gasteiger partial charge in [0.1, 0.15) is 0 Å². The van der Waals surface area contributed by atoms with E-state index < -0.39 is 0 Å². The Kier molecular flexibility index (Phi) is 3.81. The van der Waals surface area contributed by atoms with E-state index in [1.807, 2.05) is 0 Å². The van der Waals surface area contributed by atoms with E-state index in [0.717, 1.165) is 15.2 Å². The van der Waals surface area contributed by atoms with Crippen molar-refractivity contribution < 1.29 is 0 Å². The molecular formula is C6H11BrS2. The molecule has 1 heterocycles. The van der Waals surface area contributed by atoms with Crippen molar-refractivity contribution in [2.75, 3.05) is 11.1 Å². The fourth-order valence-electron chi connectivity index (χ4n) is 0.803. The molecule has 0 aromatic carbocycles. The van der Waals surface area contributed by atoms with Gasteiger partial charge in [-0.3, -0.25) is 0 Å². The summed E-state index contributed by atoms with van der Waals surface area (Å²) >= 11 is 7.71. The Morgan fingerprint density at radius 3 is 2.78 bits per heavy atom. The van der Waals surface area contributed by atoms with E-state index in [1.54, 1.807) is 0 Å². The Balaban J connectivity index is 2.20. The van der Waals surface area contributed by atoms with E-state index in [2.05, 4.69) is 46.4 Å². The molecule has 0 aromatic rings. The van der Waals surface area contributed by atoms with Crippen LogP contribution in [0.25, 0.3) is 0 Å². The molecule has 0 spiro atoms. The van der Waals surface area contributed by atoms with Crippen molar-refractivity contribution in [1.82, 2.24) is 0 Å². The highest BCUT2D eigenvalue weighted by Gasteiger charge is 2.22. The second-order valence-corrected chi connectivity index (χ2v) is 5.77. The molecule has 2 unspecified atom stereocenters. The monoisotopic (exact) mass is 226 g/mol. The van der Waals surface area contributed by atoms with Gasteiger partial charge >= 0.3 is 0 Å². The molecule has 0 saturated carbocycles. The Labute approximate surface area is 73.7 Å². The summed E-state index contributed by atoms with van der Waals surface area (Å²) in [6, 6.07) is 0. The van der Waals surface area contributed by atoms with Crippen LogP contribution in [0.2, 0.25) is 0 Å². The number of alkyl halides is 1. The first-order valence-electron chi connectivity index (χ1n) is 3.19. The van der Waals surface area contributed by atoms with Gasteiger partial charge in [0.25, 0.3) is 0 Å². The van der Waals surface area contributed by atoms with E-state index >= 15 is 0 Å². The Morgan fingerprint density at radius 2 is 2.44 bits per heavy atom. The highest BCUT2D eigenvalue weighted by molar-refractivity contribution is 9.09. The quantitative estimate of drug-likeness (QED) is 0.665. The van der Waals surface area contributed by atoms with Crippen LogP contribution in [0.1, 0.15) is 13.3 Å². The van der Waals surface area contributed by atoms with Crippen molar-refractivity contribution in [3.05, 3.63) is 0 Å². The Morgan fingerprint density at radius 1 is 1.67 bits per heavy atom. The lowest BCUT2D eigenvalue weighted by Crippen LogP contribution is -1.97. The van der Waals surface area contributed by atoms with Crippen LogP contribution in [0.3, 0.4) is 0 Å². The van der Waals surface area contributed by atoms with E-state index in [9.17, 15) is 0 Å². The Hall–Kier alpha value is 1.18. The molecule has 2 atom stereocenters. The molecule has 0 aliphatic carbocycles. The predicted molar refractivity (Wildman–Crippen MR) is 51.7 cm³/mol. The maximum atomic E-state index is 3.49. The van der Waals surface area contributed by atoms with Crippen LogP contribution in [0.5, 0.6) is 0 Å². The van der Waals surface area contributed by atoms with Gasteiger partial charge in [0.15, 0.2) is 0 Å². The summed E-state index contributed by atoms with van der Waals surface area (Å²) in [7, 11) is 0. The van der Waals surface area contributed by atoms with Crippen LogP contribution >= 0.6 is 39.5 Å². The number of rotatable bonds is 2. The van der Waals surface area contributed by atoms with Crippen molar-refractivity contribution in [2.24, 2.45) is 0 Å². The largest absolute Gasteiger partial charge is 0.146 e. The van der Waals surface area contributed by atoms with Gasteiger partial charge in [-0.1, -0.05) is 22.9 Å². The van der Waals surface area contributed by atoms with E-state index in [0.29, 0.717) is 0 Å². The fraction of sp³-hybridized carbons (Fsp3) is 1.00. The molecule has 0 amide bonds. The van der Waals surface area contributed by atoms with Gasteiger partial charge in [0.2, 0.25) is 0 Å². The molecule has 0 nitrogen and oxygen atoms in total. The molecule has 1 aliphatic rings. The van der Waals surface area contributed by atoms with Crippen LogP contribution in [0.4, 0.5) is 0 Å². The SMILES string of the molecule is CCC1CSC(CBr)S1. The molecule has 1 saturated heterocycles. The zero-order chi connectivity index (χ0) is 6.69. The predicted octanol–water partition coefficient (Wildman–Crippen LogP) is 2.97. The average Bonchev–Trinajstić information content (AvgIpc) is 2.34. The summed E-state index contributed by atoms with van der Waals surface area (Å²) in [5.74, 6) is 1.36. The minimum atomic E-state index is 0.829. The van der Waals surface area contributed by atoms with Crippen LogP contribution in [0, 0.1) is 0 Å². The summed E-state index contributed by atoms with van der Waals surface area (Å²) in [5.41, 5.74) is 0. The maximum Gasteiger partial charge on any atom is 0.0602 e. The normalized spacial score (nSPS) is 35.3. The van der Waals surface area contributed by atoms with Crippen LogP contribution in [-0.2, 0) is 0 Å². The molecule has 0 aromatic heterocycles. The van der Waals surface area contributed by atoms with Gasteiger partial charge in [0, 0.05) is 16.3 Å². The van der Waals surface area contributed by atoms with Crippen molar-refractivity contribution >= 4 is 39.5 Å². The third kappa shape index (κ3) is 2.35. The number of thioether (sulfide) groups is 2. The molecule has 1 aliphatic heterocycles. The van der Waals surface area contributed by atoms with E-state index in [4.69, 9.17) is 0 Å². The zero-order valence-electron chi connectivity index (χ0n) is 5.47. The first-order valence-corrected chi connectivity index (χ1v) is 6.31. The van der Waals surface area contributed by atoms with Gasteiger partial charge in [0.05, 0.1) is 4.58 Å². The summed E-state index contributed by atoms with van der Waals surface area (Å²) in [4.78, 5) is 0. The summed E-state index contributed by atoms with van der Waals surface area (Å²) in [5, 5.41) is 2.08. The minimum Gasteiger partial charge on any atom is -0.146 e. The van der Waals surface area contributed by atoms with E-state index in [1.165, 1.54) is 12.2 Å². The van der Waals surface area contributed by atoms with Gasteiger partial charge < -0.3 is 0 Å². The summed E-state index contributed by atoms with van der Waals surface area (Å²) in [6.45, 7) is 2.27. The van der Waals surface area contributed by atoms with Crippen molar-refractivity contribution in [2.45, 2.75) is 23.2 Å². The summed E-state index contributed by atoms with van der Waals surface area (Å²) in [6.07, 6.45) is 1.33. The van der Waals surface area contributed by atoms with Gasteiger partial charge in [-0.15, -0.1) is 23.5 Å². The van der Waals surface area contributed by atoms with E-state index in [-0.39, 0.29) is 0 Å². The highest BCUT2D eigenvalue weighted by atomic mass is 79.9. The second-order valence-electron chi connectivity index (χ2n) is 2.08. The van der Waals surface area contributed by atoms with Gasteiger partial charge in [-0.25, -0.2) is 0 Å². The molecule has 1 fully saturated rings. The molecular weight excluding hydrogens is 216 g/mol. The molecule has 9 heavy (non-hydrogen) atoms. The topological polar surface area (TPSA) is 0 Å². The Bertz CT molecular complexity index is 77.1. The lowest BCUT2D eigenvalue weighted by atomic mass is 10.4. The van der Waals surface area contributed by atoms with Crippen LogP contribution in [-0.4, -0.2) is 20.9 Å². The maximum absolute atomic E-state index is 3.49. The third-order valence-electron chi connectivity index (χ3n) is 1.39. The lowest BCUT2D eigenvalue weighted by molar-refractivity contribution is 0.925. The molecule has 0 bridgehead atoms. The van der Waals surface area contributed by atoms with Crippen molar-refractivity contribution in [3.8, 4) is 0 Å². The van der Waals surface area contributed by atoms with Crippen molar-refractivity contribution in [1.29, 1.82) is 0 Å². The molecule has 1 rings (SSSR count). The number of hydrogen-bond acceptors (Lipinski definition) is 2. The summed E-state index contributed by atoms with van der Waals surface area (Å²) < 4.78 is 0.829. The third-order valence-corrected chi connectivity index (χ3v) is 6.34. The average molecular weight is 227 g/mol. The van der Waals surface area contributed by atoms with Gasteiger partial charge in [-0.05, 0) is 6.42 Å². The lowest BCUT2D eigenvalue weighted by Gasteiger charge is -2.03. The van der Waals surface area contributed by atoms with Crippen molar-refractivity contribution in [3.63, 3.8) is 0 Å². The second kappa shape index (κ2) is 4.14. The van der Waals surface area contributed by atoms with Crippen LogP contribution < -0.4 is 0 Å².